The molecule has 0 unspecified atom stereocenters. The number of fused-ring (bicyclic) bond motifs is 1. The second kappa shape index (κ2) is 4.45. The molecule has 0 atom stereocenters. The number of nitrogens with zero attached hydrogens (tertiary/aromatic N) is 3. The summed E-state index contributed by atoms with van der Waals surface area (Å²) in [6.45, 7) is 1.77. The predicted molar refractivity (Wildman–Crippen MR) is 70.1 cm³/mol. The Labute approximate surface area is 109 Å². The second-order valence-corrected chi connectivity index (χ2v) is 5.37. The molecule has 1 aliphatic rings. The molecule has 1 aliphatic heterocycles. The number of nitrogen functional groups attached to an aromatic ring is 1. The molecule has 2 aromatic rings. The summed E-state index contributed by atoms with van der Waals surface area (Å²) in [5.41, 5.74) is 6.80. The largest absolute Gasteiger partial charge is 0.382 e. The normalized spacial score (nSPS) is 14.6. The maximum Gasteiger partial charge on any atom is 0.244 e. The van der Waals surface area contributed by atoms with Crippen LogP contribution in [0.5, 0.6) is 0 Å². The average Bonchev–Trinajstić information content (AvgIpc) is 2.96. The molecule has 0 aliphatic carbocycles. The smallest absolute Gasteiger partial charge is 0.244 e. The van der Waals surface area contributed by atoms with Crippen molar-refractivity contribution >= 4 is 23.1 Å². The van der Waals surface area contributed by atoms with Gasteiger partial charge in [0.1, 0.15) is 12.4 Å². The Morgan fingerprint density at radius 3 is 3.17 bits per heavy atom. The van der Waals surface area contributed by atoms with Gasteiger partial charge in [0.2, 0.25) is 5.91 Å². The SMILES string of the molecule is Nc1ccn(CC(=O)N2CCc3sccc3C2)n1. The lowest BCUT2D eigenvalue weighted by atomic mass is 10.1. The first-order valence-corrected chi connectivity index (χ1v) is 6.72. The van der Waals surface area contributed by atoms with E-state index in [0.717, 1.165) is 13.0 Å². The predicted octanol–water partition coefficient (Wildman–Crippen LogP) is 1.11. The van der Waals surface area contributed by atoms with Crippen LogP contribution in [-0.4, -0.2) is 27.1 Å². The van der Waals surface area contributed by atoms with Gasteiger partial charge < -0.3 is 10.6 Å². The first-order valence-electron chi connectivity index (χ1n) is 5.84. The van der Waals surface area contributed by atoms with Crippen LogP contribution in [0, 0.1) is 0 Å². The van der Waals surface area contributed by atoms with Gasteiger partial charge >= 0.3 is 0 Å². The summed E-state index contributed by atoms with van der Waals surface area (Å²) < 4.78 is 1.58. The maximum absolute atomic E-state index is 12.1. The van der Waals surface area contributed by atoms with Gasteiger partial charge in [-0.1, -0.05) is 0 Å². The molecule has 3 rings (SSSR count). The topological polar surface area (TPSA) is 64.2 Å². The van der Waals surface area contributed by atoms with Crippen molar-refractivity contribution in [3.05, 3.63) is 34.2 Å². The zero-order chi connectivity index (χ0) is 12.5. The minimum atomic E-state index is 0.0925. The number of aromatic nitrogens is 2. The number of thiophene rings is 1. The number of carbonyl (C=O) groups excluding carboxylic acids is 1. The third-order valence-corrected chi connectivity index (χ3v) is 4.14. The molecule has 6 heteroatoms. The molecule has 0 aromatic carbocycles. The van der Waals surface area contributed by atoms with E-state index in [9.17, 15) is 4.79 Å². The standard InChI is InChI=1S/C12H14N4OS/c13-11-2-5-16(14-11)8-12(17)15-4-1-10-9(7-15)3-6-18-10/h2-3,5-6H,1,4,7-8H2,(H2,13,14). The van der Waals surface area contributed by atoms with Crippen LogP contribution in [0.25, 0.3) is 0 Å². The fourth-order valence-corrected chi connectivity index (χ4v) is 3.06. The Hall–Kier alpha value is -1.82. The molecule has 2 aromatic heterocycles. The molecule has 0 saturated carbocycles. The fraction of sp³-hybridized carbons (Fsp3) is 0.333. The third-order valence-electron chi connectivity index (χ3n) is 3.12. The van der Waals surface area contributed by atoms with Gasteiger partial charge in [-0.25, -0.2) is 0 Å². The average molecular weight is 262 g/mol. The molecular weight excluding hydrogens is 248 g/mol. The molecule has 5 nitrogen and oxygen atoms in total. The first kappa shape index (κ1) is 11.3. The van der Waals surface area contributed by atoms with Gasteiger partial charge in [0.15, 0.2) is 0 Å². The van der Waals surface area contributed by atoms with Crippen LogP contribution in [0.15, 0.2) is 23.7 Å². The molecule has 94 valence electrons. The molecule has 2 N–H and O–H groups in total. The number of hydrogen-bond acceptors (Lipinski definition) is 4. The minimum absolute atomic E-state index is 0.0925. The number of nitrogens with two attached hydrogens (primary N) is 1. The summed E-state index contributed by atoms with van der Waals surface area (Å²) >= 11 is 1.77. The lowest BCUT2D eigenvalue weighted by molar-refractivity contribution is -0.132. The Bertz CT molecular complexity index is 574. The van der Waals surface area contributed by atoms with E-state index in [-0.39, 0.29) is 12.5 Å². The highest BCUT2D eigenvalue weighted by atomic mass is 32.1. The van der Waals surface area contributed by atoms with Crippen LogP contribution in [-0.2, 0) is 24.3 Å². The molecule has 0 radical (unpaired) electrons. The van der Waals surface area contributed by atoms with Crippen molar-refractivity contribution in [2.24, 2.45) is 0 Å². The van der Waals surface area contributed by atoms with Crippen molar-refractivity contribution < 1.29 is 4.79 Å². The van der Waals surface area contributed by atoms with Crippen molar-refractivity contribution in [2.75, 3.05) is 12.3 Å². The van der Waals surface area contributed by atoms with Gasteiger partial charge in [-0.3, -0.25) is 9.48 Å². The van der Waals surface area contributed by atoms with E-state index in [1.165, 1.54) is 10.4 Å². The molecule has 3 heterocycles. The Morgan fingerprint density at radius 1 is 1.50 bits per heavy atom. The maximum atomic E-state index is 12.1. The van der Waals surface area contributed by atoms with Crippen molar-refractivity contribution in [2.45, 2.75) is 19.5 Å². The minimum Gasteiger partial charge on any atom is -0.382 e. The number of hydrogen-bond donors (Lipinski definition) is 1. The van der Waals surface area contributed by atoms with Gasteiger partial charge in [0.25, 0.3) is 0 Å². The summed E-state index contributed by atoms with van der Waals surface area (Å²) in [4.78, 5) is 15.4. The molecule has 0 spiro atoms. The zero-order valence-electron chi connectivity index (χ0n) is 9.87. The summed E-state index contributed by atoms with van der Waals surface area (Å²) in [5, 5.41) is 6.12. The van der Waals surface area contributed by atoms with E-state index in [4.69, 9.17) is 5.73 Å². The number of carbonyl (C=O) groups is 1. The molecule has 1 amide bonds. The molecule has 18 heavy (non-hydrogen) atoms. The van der Waals surface area contributed by atoms with Crippen molar-refractivity contribution in [1.82, 2.24) is 14.7 Å². The lowest BCUT2D eigenvalue weighted by Gasteiger charge is -2.26. The number of amides is 1. The zero-order valence-corrected chi connectivity index (χ0v) is 10.7. The summed E-state index contributed by atoms with van der Waals surface area (Å²) in [5.74, 6) is 0.538. The van der Waals surface area contributed by atoms with Gasteiger partial charge in [-0.2, -0.15) is 5.10 Å². The highest BCUT2D eigenvalue weighted by Crippen LogP contribution is 2.24. The lowest BCUT2D eigenvalue weighted by Crippen LogP contribution is -2.37. The molecule has 0 bridgehead atoms. The van der Waals surface area contributed by atoms with E-state index in [2.05, 4.69) is 16.5 Å². The number of rotatable bonds is 2. The number of anilines is 1. The first-order chi connectivity index (χ1) is 8.72. The monoisotopic (exact) mass is 262 g/mol. The van der Waals surface area contributed by atoms with Crippen LogP contribution in [0.1, 0.15) is 10.4 Å². The van der Waals surface area contributed by atoms with Crippen molar-refractivity contribution in [3.63, 3.8) is 0 Å². The summed E-state index contributed by atoms with van der Waals surface area (Å²) in [7, 11) is 0. The van der Waals surface area contributed by atoms with Crippen LogP contribution in [0.4, 0.5) is 5.82 Å². The van der Waals surface area contributed by atoms with Gasteiger partial charge in [0, 0.05) is 24.2 Å². The van der Waals surface area contributed by atoms with Crippen LogP contribution >= 0.6 is 11.3 Å². The Kier molecular flexibility index (Phi) is 2.79. The Balaban J connectivity index is 1.67. The summed E-state index contributed by atoms with van der Waals surface area (Å²) in [6.07, 6.45) is 2.69. The van der Waals surface area contributed by atoms with Gasteiger partial charge in [0.05, 0.1) is 0 Å². The van der Waals surface area contributed by atoms with E-state index < -0.39 is 0 Å². The quantitative estimate of drug-likeness (QED) is 0.882. The molecule has 0 fully saturated rings. The molecule has 0 saturated heterocycles. The van der Waals surface area contributed by atoms with E-state index in [1.807, 2.05) is 4.90 Å². The van der Waals surface area contributed by atoms with Crippen molar-refractivity contribution in [1.29, 1.82) is 0 Å². The van der Waals surface area contributed by atoms with Crippen molar-refractivity contribution in [3.8, 4) is 0 Å². The van der Waals surface area contributed by atoms with Crippen LogP contribution in [0.2, 0.25) is 0 Å². The van der Waals surface area contributed by atoms with E-state index in [1.54, 1.807) is 28.3 Å². The van der Waals surface area contributed by atoms with Gasteiger partial charge in [-0.05, 0) is 29.5 Å². The highest BCUT2D eigenvalue weighted by molar-refractivity contribution is 7.10. The summed E-state index contributed by atoms with van der Waals surface area (Å²) in [6, 6.07) is 3.80. The highest BCUT2D eigenvalue weighted by Gasteiger charge is 2.21. The van der Waals surface area contributed by atoms with E-state index in [0.29, 0.717) is 12.4 Å². The van der Waals surface area contributed by atoms with Gasteiger partial charge in [-0.15, -0.1) is 11.3 Å². The third kappa shape index (κ3) is 2.11. The molecular formula is C12H14N4OS. The van der Waals surface area contributed by atoms with E-state index >= 15 is 0 Å². The fourth-order valence-electron chi connectivity index (χ4n) is 2.17. The second-order valence-electron chi connectivity index (χ2n) is 4.37. The van der Waals surface area contributed by atoms with Crippen LogP contribution in [0.3, 0.4) is 0 Å². The Morgan fingerprint density at radius 2 is 2.39 bits per heavy atom. The van der Waals surface area contributed by atoms with Crippen LogP contribution < -0.4 is 5.73 Å².